The lowest BCUT2D eigenvalue weighted by Gasteiger charge is -2.10. The van der Waals surface area contributed by atoms with E-state index in [2.05, 4.69) is 0 Å². The first-order valence-electron chi connectivity index (χ1n) is 5.85. The number of aryl methyl sites for hydroxylation is 1. The summed E-state index contributed by atoms with van der Waals surface area (Å²) >= 11 is 0. The second-order valence-corrected chi connectivity index (χ2v) is 4.39. The number of halogens is 3. The minimum atomic E-state index is -4.50. The Morgan fingerprint density at radius 3 is 2.28 bits per heavy atom. The number of rotatable bonds is 3. The van der Waals surface area contributed by atoms with Gasteiger partial charge in [-0.05, 0) is 24.8 Å². The monoisotopic (exact) mass is 254 g/mol. The maximum atomic E-state index is 12.7. The molecule has 0 saturated carbocycles. The van der Waals surface area contributed by atoms with Gasteiger partial charge in [-0.25, -0.2) is 0 Å². The van der Waals surface area contributed by atoms with Crippen molar-refractivity contribution in [3.8, 4) is 0 Å². The highest BCUT2D eigenvalue weighted by Gasteiger charge is 2.43. The SMILES string of the molecule is O=C1CCC(CCc2ccccc2)=C1C(F)(F)F. The van der Waals surface area contributed by atoms with Gasteiger partial charge in [0.05, 0.1) is 5.57 Å². The molecule has 0 saturated heterocycles. The number of hydrogen-bond acceptors (Lipinski definition) is 1. The Labute approximate surface area is 103 Å². The standard InChI is InChI=1S/C14H13F3O/c15-14(16,17)13-11(8-9-12(13)18)7-6-10-4-2-1-3-5-10/h1-5H,6-9H2. The van der Waals surface area contributed by atoms with Crippen LogP contribution in [-0.2, 0) is 11.2 Å². The van der Waals surface area contributed by atoms with Crippen LogP contribution in [0.5, 0.6) is 0 Å². The van der Waals surface area contributed by atoms with Crippen LogP contribution in [0, 0.1) is 0 Å². The van der Waals surface area contributed by atoms with Crippen molar-refractivity contribution in [2.45, 2.75) is 31.9 Å². The predicted octanol–water partition coefficient (Wildman–Crippen LogP) is 3.84. The van der Waals surface area contributed by atoms with E-state index in [9.17, 15) is 18.0 Å². The van der Waals surface area contributed by atoms with Crippen LogP contribution in [0.25, 0.3) is 0 Å². The molecule has 18 heavy (non-hydrogen) atoms. The Kier molecular flexibility index (Phi) is 3.55. The lowest BCUT2D eigenvalue weighted by Crippen LogP contribution is -2.18. The summed E-state index contributed by atoms with van der Waals surface area (Å²) in [6, 6.07) is 9.33. The van der Waals surface area contributed by atoms with Crippen LogP contribution in [0.15, 0.2) is 41.5 Å². The zero-order valence-electron chi connectivity index (χ0n) is 9.76. The van der Waals surface area contributed by atoms with E-state index < -0.39 is 17.5 Å². The third kappa shape index (κ3) is 2.81. The van der Waals surface area contributed by atoms with Crippen molar-refractivity contribution in [3.63, 3.8) is 0 Å². The van der Waals surface area contributed by atoms with E-state index in [1.807, 2.05) is 30.3 Å². The van der Waals surface area contributed by atoms with Gasteiger partial charge in [-0.1, -0.05) is 35.9 Å². The molecule has 1 aromatic rings. The molecule has 0 aliphatic heterocycles. The van der Waals surface area contributed by atoms with Gasteiger partial charge in [0.25, 0.3) is 0 Å². The van der Waals surface area contributed by atoms with E-state index in [-0.39, 0.29) is 18.4 Å². The zero-order chi connectivity index (χ0) is 13.2. The highest BCUT2D eigenvalue weighted by atomic mass is 19.4. The van der Waals surface area contributed by atoms with Gasteiger partial charge in [-0.15, -0.1) is 0 Å². The van der Waals surface area contributed by atoms with Crippen LogP contribution in [0.1, 0.15) is 24.8 Å². The highest BCUT2D eigenvalue weighted by molar-refractivity contribution is 5.99. The fourth-order valence-corrected chi connectivity index (χ4v) is 2.26. The van der Waals surface area contributed by atoms with Gasteiger partial charge < -0.3 is 0 Å². The highest BCUT2D eigenvalue weighted by Crippen LogP contribution is 2.37. The molecule has 0 heterocycles. The number of ketones is 1. The van der Waals surface area contributed by atoms with Crippen LogP contribution < -0.4 is 0 Å². The molecule has 1 nitrogen and oxygen atoms in total. The number of Topliss-reactive ketones (excluding diaryl/α,β-unsaturated/α-hetero) is 1. The molecule has 0 amide bonds. The summed E-state index contributed by atoms with van der Waals surface area (Å²) in [5.74, 6) is -0.759. The Balaban J connectivity index is 2.13. The normalized spacial score (nSPS) is 16.5. The summed E-state index contributed by atoms with van der Waals surface area (Å²) < 4.78 is 38.1. The molecule has 0 aromatic heterocycles. The van der Waals surface area contributed by atoms with E-state index in [1.54, 1.807) is 0 Å². The van der Waals surface area contributed by atoms with Gasteiger partial charge >= 0.3 is 6.18 Å². The molecule has 1 aliphatic rings. The lowest BCUT2D eigenvalue weighted by atomic mass is 10.0. The molecule has 1 aliphatic carbocycles. The van der Waals surface area contributed by atoms with Gasteiger partial charge in [-0.2, -0.15) is 13.2 Å². The molecule has 0 spiro atoms. The summed E-state index contributed by atoms with van der Waals surface area (Å²) in [5.41, 5.74) is 0.348. The van der Waals surface area contributed by atoms with Gasteiger partial charge in [0.1, 0.15) is 0 Å². The molecule has 0 atom stereocenters. The van der Waals surface area contributed by atoms with Gasteiger partial charge in [0.15, 0.2) is 5.78 Å². The number of carbonyl (C=O) groups excluding carboxylic acids is 1. The summed E-state index contributed by atoms with van der Waals surface area (Å²) in [4.78, 5) is 11.3. The van der Waals surface area contributed by atoms with Crippen LogP contribution in [0.3, 0.4) is 0 Å². The van der Waals surface area contributed by atoms with E-state index in [1.165, 1.54) is 0 Å². The maximum Gasteiger partial charge on any atom is 0.419 e. The second-order valence-electron chi connectivity index (χ2n) is 4.39. The quantitative estimate of drug-likeness (QED) is 0.801. The summed E-state index contributed by atoms with van der Waals surface area (Å²) in [5, 5.41) is 0. The first-order chi connectivity index (χ1) is 8.48. The number of hydrogen-bond donors (Lipinski definition) is 0. The first kappa shape index (κ1) is 12.9. The number of alkyl halides is 3. The van der Waals surface area contributed by atoms with E-state index in [0.717, 1.165) is 5.56 Å². The largest absolute Gasteiger partial charge is 0.419 e. The molecule has 0 N–H and O–H groups in total. The topological polar surface area (TPSA) is 17.1 Å². The van der Waals surface area contributed by atoms with Crippen molar-refractivity contribution in [1.29, 1.82) is 0 Å². The molecule has 0 fully saturated rings. The average Bonchev–Trinajstić information content (AvgIpc) is 2.69. The third-order valence-corrected chi connectivity index (χ3v) is 3.13. The van der Waals surface area contributed by atoms with E-state index in [4.69, 9.17) is 0 Å². The first-order valence-corrected chi connectivity index (χ1v) is 5.85. The van der Waals surface area contributed by atoms with Crippen LogP contribution in [0.4, 0.5) is 13.2 Å². The zero-order valence-corrected chi connectivity index (χ0v) is 9.76. The Hall–Kier alpha value is -1.58. The Bertz CT molecular complexity index is 472. The maximum absolute atomic E-state index is 12.7. The number of carbonyl (C=O) groups is 1. The van der Waals surface area contributed by atoms with Crippen molar-refractivity contribution in [1.82, 2.24) is 0 Å². The average molecular weight is 254 g/mol. The van der Waals surface area contributed by atoms with Crippen LogP contribution in [0.2, 0.25) is 0 Å². The number of allylic oxidation sites excluding steroid dienone is 2. The molecular weight excluding hydrogens is 241 g/mol. The fourth-order valence-electron chi connectivity index (χ4n) is 2.26. The molecule has 1 aromatic carbocycles. The Morgan fingerprint density at radius 2 is 1.67 bits per heavy atom. The van der Waals surface area contributed by atoms with Crippen molar-refractivity contribution < 1.29 is 18.0 Å². The van der Waals surface area contributed by atoms with Crippen molar-refractivity contribution in [3.05, 3.63) is 47.0 Å². The molecule has 2 rings (SSSR count). The minimum absolute atomic E-state index is 0.00103. The van der Waals surface area contributed by atoms with Gasteiger partial charge in [-0.3, -0.25) is 4.79 Å². The molecular formula is C14H13F3O. The van der Waals surface area contributed by atoms with E-state index in [0.29, 0.717) is 12.8 Å². The lowest BCUT2D eigenvalue weighted by molar-refractivity contribution is -0.127. The fraction of sp³-hybridized carbons (Fsp3) is 0.357. The Morgan fingerprint density at radius 1 is 1.00 bits per heavy atom. The molecule has 0 radical (unpaired) electrons. The predicted molar refractivity (Wildman–Crippen MR) is 62.1 cm³/mol. The van der Waals surface area contributed by atoms with Crippen molar-refractivity contribution in [2.75, 3.05) is 0 Å². The van der Waals surface area contributed by atoms with Crippen molar-refractivity contribution >= 4 is 5.78 Å². The van der Waals surface area contributed by atoms with Gasteiger partial charge in [0.2, 0.25) is 0 Å². The van der Waals surface area contributed by atoms with Crippen molar-refractivity contribution in [2.24, 2.45) is 0 Å². The molecule has 0 bridgehead atoms. The summed E-state index contributed by atoms with van der Waals surface area (Å²) in [7, 11) is 0. The third-order valence-electron chi connectivity index (χ3n) is 3.13. The van der Waals surface area contributed by atoms with Crippen LogP contribution in [-0.4, -0.2) is 12.0 Å². The molecule has 0 unspecified atom stereocenters. The van der Waals surface area contributed by atoms with Crippen LogP contribution >= 0.6 is 0 Å². The molecule has 4 heteroatoms. The second kappa shape index (κ2) is 4.96. The minimum Gasteiger partial charge on any atom is -0.294 e. The van der Waals surface area contributed by atoms with Gasteiger partial charge in [0, 0.05) is 6.42 Å². The summed E-state index contributed by atoms with van der Waals surface area (Å²) in [6.07, 6.45) is -3.40. The smallest absolute Gasteiger partial charge is 0.294 e. The molecule has 96 valence electrons. The summed E-state index contributed by atoms with van der Waals surface area (Å²) in [6.45, 7) is 0. The van der Waals surface area contributed by atoms with E-state index >= 15 is 0 Å². The number of benzene rings is 1.